The number of H-pyrrole nitrogens is 1. The molecule has 1 aliphatic heterocycles. The number of hydrogen-bond acceptors (Lipinski definition) is 4. The summed E-state index contributed by atoms with van der Waals surface area (Å²) in [5, 5.41) is 7.94. The smallest absolute Gasteiger partial charge is 0.356 e. The third-order valence-electron chi connectivity index (χ3n) is 4.71. The molecule has 28 heavy (non-hydrogen) atoms. The Morgan fingerprint density at radius 2 is 2.00 bits per heavy atom. The summed E-state index contributed by atoms with van der Waals surface area (Å²) in [7, 11) is 0. The topological polar surface area (TPSA) is 64.2 Å². The second kappa shape index (κ2) is 7.08. The van der Waals surface area contributed by atoms with Crippen LogP contribution in [-0.2, 0) is 10.3 Å². The van der Waals surface area contributed by atoms with Crippen LogP contribution in [0.3, 0.4) is 0 Å². The lowest BCUT2D eigenvalue weighted by Gasteiger charge is -2.34. The lowest BCUT2D eigenvalue weighted by Crippen LogP contribution is -2.31. The summed E-state index contributed by atoms with van der Waals surface area (Å²) in [6.07, 6.45) is 0. The van der Waals surface area contributed by atoms with Gasteiger partial charge in [-0.15, -0.1) is 0 Å². The molecule has 5 nitrogen and oxygen atoms in total. The van der Waals surface area contributed by atoms with Crippen molar-refractivity contribution < 1.29 is 14.3 Å². The number of benzene rings is 2. The summed E-state index contributed by atoms with van der Waals surface area (Å²) in [6, 6.07) is 11.6. The van der Waals surface area contributed by atoms with Gasteiger partial charge < -0.3 is 9.47 Å². The van der Waals surface area contributed by atoms with Gasteiger partial charge in [0.2, 0.25) is 0 Å². The van der Waals surface area contributed by atoms with E-state index < -0.39 is 11.6 Å². The largest absolute Gasteiger partial charge is 0.482 e. The van der Waals surface area contributed by atoms with Gasteiger partial charge in [0.05, 0.1) is 12.2 Å². The van der Waals surface area contributed by atoms with E-state index >= 15 is 0 Å². The van der Waals surface area contributed by atoms with Crippen LogP contribution in [0.4, 0.5) is 0 Å². The van der Waals surface area contributed by atoms with E-state index in [0.717, 1.165) is 20.3 Å². The fourth-order valence-corrected chi connectivity index (χ4v) is 4.49. The predicted octanol–water partition coefficient (Wildman–Crippen LogP) is 5.81. The molecule has 144 valence electrons. The van der Waals surface area contributed by atoms with Crippen LogP contribution in [0, 0.1) is 3.57 Å². The van der Waals surface area contributed by atoms with Crippen molar-refractivity contribution in [1.29, 1.82) is 0 Å². The SMILES string of the molecule is CCOC(=O)c1[nH]nc2c1C(C)(C)Oc1c-2ccc(I)c1-c1ccccc1Cl. The standard InChI is InChI=1S/C21H18ClIN2O3/c1-4-27-20(26)18-16-17(24-25-18)12-9-10-14(23)15(19(12)28-21(16,2)3)11-7-5-6-8-13(11)22/h5-10H,4H2,1-3H3,(H,24,25). The molecule has 0 bridgehead atoms. The van der Waals surface area contributed by atoms with Gasteiger partial charge in [-0.25, -0.2) is 4.79 Å². The Balaban J connectivity index is 1.98. The number of nitrogens with one attached hydrogen (secondary N) is 1. The first-order valence-corrected chi connectivity index (χ1v) is 10.3. The molecule has 0 radical (unpaired) electrons. The molecule has 1 N–H and O–H groups in total. The molecule has 0 aliphatic carbocycles. The zero-order chi connectivity index (χ0) is 20.1. The maximum Gasteiger partial charge on any atom is 0.356 e. The van der Waals surface area contributed by atoms with Crippen molar-refractivity contribution in [1.82, 2.24) is 10.2 Å². The van der Waals surface area contributed by atoms with Crippen LogP contribution in [0.1, 0.15) is 36.8 Å². The van der Waals surface area contributed by atoms with E-state index in [4.69, 9.17) is 21.1 Å². The molecule has 0 amide bonds. The Hall–Kier alpha value is -2.06. The van der Waals surface area contributed by atoms with E-state index in [9.17, 15) is 4.79 Å². The van der Waals surface area contributed by atoms with Crippen molar-refractivity contribution >= 4 is 40.2 Å². The molecule has 4 rings (SSSR count). The quantitative estimate of drug-likeness (QED) is 0.358. The second-order valence-electron chi connectivity index (χ2n) is 6.93. The predicted molar refractivity (Wildman–Crippen MR) is 117 cm³/mol. The highest BCUT2D eigenvalue weighted by Gasteiger charge is 2.41. The molecule has 1 aliphatic rings. The molecular weight excluding hydrogens is 491 g/mol. The first-order chi connectivity index (χ1) is 13.3. The van der Waals surface area contributed by atoms with E-state index in [-0.39, 0.29) is 0 Å². The van der Waals surface area contributed by atoms with Gasteiger partial charge in [0.1, 0.15) is 17.0 Å². The molecule has 0 fully saturated rings. The number of nitrogens with zero attached hydrogens (tertiary/aromatic N) is 1. The van der Waals surface area contributed by atoms with Gasteiger partial charge >= 0.3 is 5.97 Å². The summed E-state index contributed by atoms with van der Waals surface area (Å²) >= 11 is 8.77. The summed E-state index contributed by atoms with van der Waals surface area (Å²) in [4.78, 5) is 12.4. The minimum absolute atomic E-state index is 0.291. The molecular formula is C21H18ClIN2O3. The number of hydrogen-bond donors (Lipinski definition) is 1. The Kier molecular flexibility index (Phi) is 4.87. The van der Waals surface area contributed by atoms with Gasteiger partial charge in [-0.1, -0.05) is 29.8 Å². The van der Waals surface area contributed by atoms with E-state index in [2.05, 4.69) is 32.8 Å². The maximum atomic E-state index is 12.4. The summed E-state index contributed by atoms with van der Waals surface area (Å²) < 4.78 is 12.7. The van der Waals surface area contributed by atoms with Gasteiger partial charge in [0.15, 0.2) is 5.69 Å². The zero-order valence-corrected chi connectivity index (χ0v) is 18.5. The van der Waals surface area contributed by atoms with Crippen LogP contribution < -0.4 is 4.74 Å². The minimum atomic E-state index is -0.780. The molecule has 7 heteroatoms. The van der Waals surface area contributed by atoms with Crippen molar-refractivity contribution in [3.63, 3.8) is 0 Å². The van der Waals surface area contributed by atoms with Crippen LogP contribution >= 0.6 is 34.2 Å². The van der Waals surface area contributed by atoms with Crippen LogP contribution in [0.25, 0.3) is 22.4 Å². The van der Waals surface area contributed by atoms with Crippen LogP contribution in [-0.4, -0.2) is 22.8 Å². The Morgan fingerprint density at radius 1 is 1.25 bits per heavy atom. The van der Waals surface area contributed by atoms with Gasteiger partial charge in [-0.05, 0) is 61.6 Å². The van der Waals surface area contributed by atoms with Crippen molar-refractivity contribution in [2.24, 2.45) is 0 Å². The fourth-order valence-electron chi connectivity index (χ4n) is 3.55. The number of fused-ring (bicyclic) bond motifs is 3. The first kappa shape index (κ1) is 19.3. The molecule has 2 heterocycles. The van der Waals surface area contributed by atoms with Gasteiger partial charge in [-0.2, -0.15) is 5.10 Å². The fraction of sp³-hybridized carbons (Fsp3) is 0.238. The van der Waals surface area contributed by atoms with Crippen molar-refractivity contribution in [3.05, 3.63) is 56.2 Å². The Bertz CT molecular complexity index is 1090. The highest BCUT2D eigenvalue weighted by Crippen LogP contribution is 2.51. The Morgan fingerprint density at radius 3 is 2.71 bits per heavy atom. The summed E-state index contributed by atoms with van der Waals surface area (Å²) in [5.74, 6) is 0.271. The monoisotopic (exact) mass is 508 g/mol. The number of ether oxygens (including phenoxy) is 2. The summed E-state index contributed by atoms with van der Waals surface area (Å²) in [6.45, 7) is 5.90. The molecule has 0 atom stereocenters. The maximum absolute atomic E-state index is 12.4. The van der Waals surface area contributed by atoms with Crippen molar-refractivity contribution in [2.45, 2.75) is 26.4 Å². The number of aromatic nitrogens is 2. The van der Waals surface area contributed by atoms with E-state index in [1.807, 2.05) is 50.2 Å². The number of carbonyl (C=O) groups is 1. The number of rotatable bonds is 3. The van der Waals surface area contributed by atoms with Crippen LogP contribution in [0.5, 0.6) is 5.75 Å². The number of halogens is 2. The lowest BCUT2D eigenvalue weighted by atomic mass is 9.87. The van der Waals surface area contributed by atoms with E-state index in [1.165, 1.54) is 0 Å². The van der Waals surface area contributed by atoms with Gasteiger partial charge in [-0.3, -0.25) is 5.10 Å². The zero-order valence-electron chi connectivity index (χ0n) is 15.6. The highest BCUT2D eigenvalue weighted by atomic mass is 127. The normalized spacial score (nSPS) is 14.0. The third kappa shape index (κ3) is 2.99. The number of carbonyl (C=O) groups excluding carboxylic acids is 1. The average Bonchev–Trinajstić information content (AvgIpc) is 3.09. The van der Waals surface area contributed by atoms with Crippen LogP contribution in [0.2, 0.25) is 5.02 Å². The molecule has 1 aromatic heterocycles. The van der Waals surface area contributed by atoms with Crippen LogP contribution in [0.15, 0.2) is 36.4 Å². The minimum Gasteiger partial charge on any atom is -0.482 e. The molecule has 2 aromatic carbocycles. The number of esters is 1. The highest BCUT2D eigenvalue weighted by molar-refractivity contribution is 14.1. The van der Waals surface area contributed by atoms with E-state index in [0.29, 0.717) is 34.3 Å². The van der Waals surface area contributed by atoms with E-state index in [1.54, 1.807) is 6.92 Å². The molecule has 0 unspecified atom stereocenters. The Labute approximate surface area is 181 Å². The van der Waals surface area contributed by atoms with Gasteiger partial charge in [0.25, 0.3) is 0 Å². The summed E-state index contributed by atoms with van der Waals surface area (Å²) in [5.41, 5.74) is 3.57. The molecule has 0 saturated heterocycles. The first-order valence-electron chi connectivity index (χ1n) is 8.88. The van der Waals surface area contributed by atoms with Gasteiger partial charge in [0, 0.05) is 25.3 Å². The lowest BCUT2D eigenvalue weighted by molar-refractivity contribution is 0.0500. The molecule has 3 aromatic rings. The van der Waals surface area contributed by atoms with Crippen molar-refractivity contribution in [2.75, 3.05) is 6.61 Å². The molecule has 0 saturated carbocycles. The number of aromatic amines is 1. The third-order valence-corrected chi connectivity index (χ3v) is 5.94. The van der Waals surface area contributed by atoms with Crippen molar-refractivity contribution in [3.8, 4) is 28.1 Å². The average molecular weight is 509 g/mol. The second-order valence-corrected chi connectivity index (χ2v) is 8.50. The molecule has 0 spiro atoms.